The average Bonchev–Trinajstić information content (AvgIpc) is 3.33. The number of hydrogen-bond acceptors (Lipinski definition) is 6. The number of fused-ring (bicyclic) bond motifs is 1. The third-order valence-corrected chi connectivity index (χ3v) is 8.23. The van der Waals surface area contributed by atoms with Crippen LogP contribution in [0.2, 0.25) is 0 Å². The first-order chi connectivity index (χ1) is 17.8. The number of nitrogens with zero attached hydrogens (tertiary/aromatic N) is 3. The molecule has 2 aliphatic rings. The Labute approximate surface area is 213 Å². The quantitative estimate of drug-likeness (QED) is 0.527. The van der Waals surface area contributed by atoms with Gasteiger partial charge in [0.15, 0.2) is 0 Å². The van der Waals surface area contributed by atoms with Crippen LogP contribution in [0.3, 0.4) is 0 Å². The van der Waals surface area contributed by atoms with E-state index in [0.717, 1.165) is 17.7 Å². The van der Waals surface area contributed by atoms with Gasteiger partial charge in [0.2, 0.25) is 5.91 Å². The normalized spacial score (nSPS) is 17.4. The molecule has 1 saturated heterocycles. The number of sulfonamides is 1. The third kappa shape index (κ3) is 5.26. The zero-order valence-electron chi connectivity index (χ0n) is 19.8. The molecule has 0 aliphatic carbocycles. The lowest BCUT2D eigenvalue weighted by Crippen LogP contribution is -2.51. The molecule has 0 radical (unpaired) electrons. The van der Waals surface area contributed by atoms with Crippen LogP contribution in [0.5, 0.6) is 0 Å². The molecule has 0 saturated carbocycles. The van der Waals surface area contributed by atoms with E-state index in [1.54, 1.807) is 4.90 Å². The number of pyridine rings is 1. The van der Waals surface area contributed by atoms with Gasteiger partial charge < -0.3 is 9.64 Å². The maximum atomic E-state index is 13.7. The van der Waals surface area contributed by atoms with E-state index in [0.29, 0.717) is 31.5 Å². The van der Waals surface area contributed by atoms with Crippen molar-refractivity contribution in [1.29, 1.82) is 0 Å². The summed E-state index contributed by atoms with van der Waals surface area (Å²) in [5, 5.41) is 2.60. The second-order valence-corrected chi connectivity index (χ2v) is 10.8. The highest BCUT2D eigenvalue weighted by Crippen LogP contribution is 2.35. The zero-order valence-corrected chi connectivity index (χ0v) is 20.7. The van der Waals surface area contributed by atoms with Gasteiger partial charge >= 0.3 is 6.09 Å². The molecular weight excluding hydrogens is 499 g/mol. The van der Waals surface area contributed by atoms with Crippen molar-refractivity contribution < 1.29 is 27.1 Å². The minimum atomic E-state index is -4.12. The van der Waals surface area contributed by atoms with Crippen LogP contribution in [-0.2, 0) is 32.6 Å². The van der Waals surface area contributed by atoms with Crippen LogP contribution in [0.15, 0.2) is 71.8 Å². The lowest BCUT2D eigenvalue weighted by molar-refractivity contribution is -0.129. The third-order valence-electron chi connectivity index (χ3n) is 6.43. The summed E-state index contributed by atoms with van der Waals surface area (Å²) in [5.41, 5.74) is 1.84. The second-order valence-electron chi connectivity index (χ2n) is 8.92. The van der Waals surface area contributed by atoms with Gasteiger partial charge in [0, 0.05) is 19.4 Å². The molecule has 3 heterocycles. The van der Waals surface area contributed by atoms with E-state index < -0.39 is 21.9 Å². The molecule has 1 fully saturated rings. The van der Waals surface area contributed by atoms with Crippen molar-refractivity contribution in [3.63, 3.8) is 0 Å². The fourth-order valence-electron chi connectivity index (χ4n) is 4.60. The molecule has 37 heavy (non-hydrogen) atoms. The standard InChI is InChI=1S/C26H25FN4O5S/c27-19-8-10-22(11-9-19)37(34,35)31-16-21(30-12-4-7-25(30)32)14-23-24(31)13-20(15-28-23)29-26(33)36-17-18-5-2-1-3-6-18/h1-3,5-6,8-11,13,15,21H,4,7,12,14,16-17H2,(H,29,33)/t21-/m0/s1. The van der Waals surface area contributed by atoms with Gasteiger partial charge in [-0.05, 0) is 42.3 Å². The van der Waals surface area contributed by atoms with Gasteiger partial charge in [-0.3, -0.25) is 19.4 Å². The summed E-state index contributed by atoms with van der Waals surface area (Å²) in [4.78, 5) is 30.8. The van der Waals surface area contributed by atoms with E-state index in [1.807, 2.05) is 30.3 Å². The summed E-state index contributed by atoms with van der Waals surface area (Å²) in [6.07, 6.45) is 2.23. The number of anilines is 2. The summed E-state index contributed by atoms with van der Waals surface area (Å²) in [5.74, 6) is -0.576. The van der Waals surface area contributed by atoms with Crippen molar-refractivity contribution in [3.05, 3.63) is 83.9 Å². The Morgan fingerprint density at radius 3 is 2.59 bits per heavy atom. The minimum Gasteiger partial charge on any atom is -0.444 e. The van der Waals surface area contributed by atoms with Gasteiger partial charge in [-0.2, -0.15) is 0 Å². The molecule has 2 amide bonds. The van der Waals surface area contributed by atoms with E-state index in [9.17, 15) is 22.4 Å². The maximum absolute atomic E-state index is 13.7. The molecule has 5 rings (SSSR count). The van der Waals surface area contributed by atoms with Gasteiger partial charge in [-0.25, -0.2) is 17.6 Å². The minimum absolute atomic E-state index is 0.0159. The highest BCUT2D eigenvalue weighted by molar-refractivity contribution is 7.92. The number of hydrogen-bond donors (Lipinski definition) is 1. The Morgan fingerprint density at radius 1 is 1.14 bits per heavy atom. The number of carbonyl (C=O) groups excluding carboxylic acids is 2. The lowest BCUT2D eigenvalue weighted by Gasteiger charge is -2.38. The maximum Gasteiger partial charge on any atom is 0.412 e. The Morgan fingerprint density at radius 2 is 1.89 bits per heavy atom. The van der Waals surface area contributed by atoms with E-state index >= 15 is 0 Å². The summed E-state index contributed by atoms with van der Waals surface area (Å²) in [6, 6.07) is 14.9. The number of benzene rings is 2. The number of ether oxygens (including phenoxy) is 1. The second kappa shape index (κ2) is 10.2. The highest BCUT2D eigenvalue weighted by atomic mass is 32.2. The number of halogens is 1. The highest BCUT2D eigenvalue weighted by Gasteiger charge is 2.39. The summed E-state index contributed by atoms with van der Waals surface area (Å²) < 4.78 is 47.3. The number of likely N-dealkylation sites (tertiary alicyclic amines) is 1. The van der Waals surface area contributed by atoms with Crippen LogP contribution in [0, 0.1) is 5.82 Å². The molecule has 2 aliphatic heterocycles. The molecule has 0 bridgehead atoms. The van der Waals surface area contributed by atoms with E-state index in [4.69, 9.17) is 4.74 Å². The van der Waals surface area contributed by atoms with Gasteiger partial charge in [-0.1, -0.05) is 30.3 Å². The van der Waals surface area contributed by atoms with Gasteiger partial charge in [0.1, 0.15) is 12.4 Å². The molecule has 0 unspecified atom stereocenters. The zero-order chi connectivity index (χ0) is 26.0. The van der Waals surface area contributed by atoms with E-state index in [2.05, 4.69) is 10.3 Å². The molecule has 3 aromatic rings. The molecule has 9 nitrogen and oxygen atoms in total. The fraction of sp³-hybridized carbons (Fsp3) is 0.269. The van der Waals surface area contributed by atoms with Crippen LogP contribution in [0.4, 0.5) is 20.6 Å². The van der Waals surface area contributed by atoms with Gasteiger partial charge in [0.05, 0.1) is 40.7 Å². The lowest BCUT2D eigenvalue weighted by atomic mass is 10.0. The molecule has 1 aromatic heterocycles. The van der Waals surface area contributed by atoms with Crippen molar-refractivity contribution >= 4 is 33.4 Å². The molecule has 0 spiro atoms. The first-order valence-electron chi connectivity index (χ1n) is 11.9. The number of rotatable bonds is 6. The van der Waals surface area contributed by atoms with E-state index in [-0.39, 0.29) is 41.4 Å². The molecule has 11 heteroatoms. The van der Waals surface area contributed by atoms with Crippen molar-refractivity contribution in [1.82, 2.24) is 9.88 Å². The van der Waals surface area contributed by atoms with Crippen LogP contribution in [-0.4, -0.2) is 49.4 Å². The average molecular weight is 525 g/mol. The van der Waals surface area contributed by atoms with E-state index in [1.165, 1.54) is 28.7 Å². The smallest absolute Gasteiger partial charge is 0.412 e. The van der Waals surface area contributed by atoms with Crippen molar-refractivity contribution in [2.75, 3.05) is 22.7 Å². The Kier molecular flexibility index (Phi) is 6.79. The van der Waals surface area contributed by atoms with Crippen LogP contribution in [0.1, 0.15) is 24.1 Å². The largest absolute Gasteiger partial charge is 0.444 e. The predicted octanol–water partition coefficient (Wildman–Crippen LogP) is 3.71. The SMILES string of the molecule is O=C(Nc1cnc2c(c1)N(S(=O)(=O)c1ccc(F)cc1)C[C@@H](N1CCCC1=O)C2)OCc1ccccc1. The van der Waals surface area contributed by atoms with Gasteiger partial charge in [-0.15, -0.1) is 0 Å². The van der Waals surface area contributed by atoms with Crippen LogP contribution >= 0.6 is 0 Å². The fourth-order valence-corrected chi connectivity index (χ4v) is 6.12. The van der Waals surface area contributed by atoms with Crippen molar-refractivity contribution in [3.8, 4) is 0 Å². The Bertz CT molecular complexity index is 1420. The molecule has 192 valence electrons. The molecule has 1 atom stereocenters. The first-order valence-corrected chi connectivity index (χ1v) is 13.3. The number of amides is 2. The Hall–Kier alpha value is -3.99. The van der Waals surface area contributed by atoms with Gasteiger partial charge in [0.25, 0.3) is 10.0 Å². The monoisotopic (exact) mass is 524 g/mol. The summed E-state index contributed by atoms with van der Waals surface area (Å²) in [7, 11) is -4.12. The summed E-state index contributed by atoms with van der Waals surface area (Å²) in [6.45, 7) is 0.639. The summed E-state index contributed by atoms with van der Waals surface area (Å²) >= 11 is 0. The number of carbonyl (C=O) groups is 2. The predicted molar refractivity (Wildman–Crippen MR) is 134 cm³/mol. The molecule has 2 aromatic carbocycles. The van der Waals surface area contributed by atoms with Crippen molar-refractivity contribution in [2.45, 2.75) is 36.8 Å². The topological polar surface area (TPSA) is 109 Å². The number of aromatic nitrogens is 1. The van der Waals surface area contributed by atoms with Crippen molar-refractivity contribution in [2.24, 2.45) is 0 Å². The number of nitrogens with one attached hydrogen (secondary N) is 1. The first kappa shape index (κ1) is 24.7. The Balaban J connectivity index is 1.43. The molecular formula is C26H25FN4O5S. The van der Waals surface area contributed by atoms with Crippen LogP contribution < -0.4 is 9.62 Å². The molecule has 1 N–H and O–H groups in total. The van der Waals surface area contributed by atoms with Crippen LogP contribution in [0.25, 0.3) is 0 Å².